The Bertz CT molecular complexity index is 1590. The Morgan fingerprint density at radius 1 is 1.18 bits per heavy atom. The third-order valence-corrected chi connectivity index (χ3v) is 8.59. The van der Waals surface area contributed by atoms with E-state index in [-0.39, 0.29) is 36.6 Å². The predicted octanol–water partition coefficient (Wildman–Crippen LogP) is 1.50. The van der Waals surface area contributed by atoms with Crippen molar-refractivity contribution in [2.45, 2.75) is 36.5 Å². The lowest BCUT2D eigenvalue weighted by Crippen LogP contribution is -2.70. The fraction of sp³-hybridized carbons (Fsp3) is 0.320. The van der Waals surface area contributed by atoms with E-state index in [9.17, 15) is 24.2 Å². The van der Waals surface area contributed by atoms with Gasteiger partial charge >= 0.3 is 13.9 Å². The van der Waals surface area contributed by atoms with Crippen LogP contribution >= 0.6 is 7.82 Å². The second-order valence-corrected chi connectivity index (χ2v) is 11.3. The number of nitrogens with zero attached hydrogens (tertiary/aromatic N) is 2. The molecule has 15 heteroatoms. The number of hydrogen-bond acceptors (Lipinski definition) is 11. The first-order valence-corrected chi connectivity index (χ1v) is 14.0. The number of fused-ring (bicyclic) bond motifs is 6. The Hall–Kier alpha value is -3.78. The molecular weight excluding hydrogens is 545 g/mol. The number of aliphatic hydroxyl groups is 1. The van der Waals surface area contributed by atoms with E-state index >= 15 is 0 Å². The van der Waals surface area contributed by atoms with Gasteiger partial charge in [0.05, 0.1) is 6.61 Å². The molecule has 2 fully saturated rings. The molecule has 0 bridgehead atoms. The zero-order valence-electron chi connectivity index (χ0n) is 20.7. The van der Waals surface area contributed by atoms with Gasteiger partial charge in [-0.2, -0.15) is 4.98 Å². The third kappa shape index (κ3) is 3.91. The quantitative estimate of drug-likeness (QED) is 0.279. The molecule has 0 saturated carbocycles. The number of nitrogen functional groups attached to an aromatic ring is 1. The van der Waals surface area contributed by atoms with Crippen LogP contribution in [-0.2, 0) is 23.1 Å². The number of carbonyl (C=O) groups is 1. The number of aromatic nitrogens is 2. The first-order valence-electron chi connectivity index (χ1n) is 12.5. The first kappa shape index (κ1) is 25.2. The van der Waals surface area contributed by atoms with Gasteiger partial charge in [-0.25, -0.2) is 9.36 Å². The van der Waals surface area contributed by atoms with Crippen LogP contribution in [0.1, 0.15) is 17.0 Å². The minimum atomic E-state index is -4.47. The summed E-state index contributed by atoms with van der Waals surface area (Å²) in [7, 11) is -4.47. The molecule has 14 nitrogen and oxygen atoms in total. The highest BCUT2D eigenvalue weighted by Crippen LogP contribution is 2.52. The summed E-state index contributed by atoms with van der Waals surface area (Å²) in [5, 5.41) is 14.2. The number of phosphoric ester groups is 1. The van der Waals surface area contributed by atoms with Crippen LogP contribution in [0.5, 0.6) is 0 Å². The maximum atomic E-state index is 13.8. The third-order valence-electron chi connectivity index (χ3n) is 7.61. The van der Waals surface area contributed by atoms with E-state index in [1.165, 1.54) is 0 Å². The zero-order valence-corrected chi connectivity index (χ0v) is 21.6. The van der Waals surface area contributed by atoms with Gasteiger partial charge < -0.3 is 30.5 Å². The van der Waals surface area contributed by atoms with Crippen molar-refractivity contribution in [3.63, 3.8) is 0 Å². The number of ether oxygens (including phenoxy) is 2. The molecular formula is C25H24N5O9P. The van der Waals surface area contributed by atoms with Crippen LogP contribution in [0.3, 0.4) is 0 Å². The zero-order chi connectivity index (χ0) is 27.8. The topological polar surface area (TPSA) is 199 Å². The SMILES string of the molecule is Nc1nc2c(c(=O)[nH]1)N(C(=O)OCC1c3ccccc3-c3ccccc31)[C@H]1[C@@H](O)[C@H]3OP(=O)(O)OC[C@H]3O[C@H]1N2. The summed E-state index contributed by atoms with van der Waals surface area (Å²) in [4.78, 5) is 44.1. The normalized spacial score (nSPS) is 30.2. The van der Waals surface area contributed by atoms with Crippen LogP contribution < -0.4 is 21.5 Å². The molecule has 3 aliphatic heterocycles. The molecule has 40 heavy (non-hydrogen) atoms. The number of rotatable bonds is 2. The molecule has 6 atom stereocenters. The van der Waals surface area contributed by atoms with Crippen LogP contribution in [0.4, 0.5) is 22.2 Å². The average molecular weight is 569 g/mol. The molecule has 0 spiro atoms. The van der Waals surface area contributed by atoms with E-state index in [0.717, 1.165) is 27.2 Å². The number of nitrogens with two attached hydrogens (primary N) is 1. The predicted molar refractivity (Wildman–Crippen MR) is 140 cm³/mol. The van der Waals surface area contributed by atoms with Gasteiger partial charge in [0, 0.05) is 5.92 Å². The van der Waals surface area contributed by atoms with Crippen LogP contribution in [0, 0.1) is 0 Å². The summed E-state index contributed by atoms with van der Waals surface area (Å²) < 4.78 is 33.8. The molecule has 208 valence electrons. The molecule has 1 aromatic heterocycles. The number of amides is 1. The molecule has 0 radical (unpaired) electrons. The van der Waals surface area contributed by atoms with Gasteiger partial charge in [-0.3, -0.25) is 23.7 Å². The second kappa shape index (κ2) is 9.13. The number of hydrogen-bond donors (Lipinski definition) is 5. The molecule has 3 aromatic rings. The Morgan fingerprint density at radius 2 is 1.85 bits per heavy atom. The number of H-pyrrole nitrogens is 1. The summed E-state index contributed by atoms with van der Waals surface area (Å²) in [5.41, 5.74) is 8.76. The number of aromatic amines is 1. The number of aliphatic hydroxyl groups excluding tert-OH is 1. The van der Waals surface area contributed by atoms with Crippen molar-refractivity contribution in [3.05, 3.63) is 70.0 Å². The van der Waals surface area contributed by atoms with E-state index in [0.29, 0.717) is 0 Å². The minimum Gasteiger partial charge on any atom is -0.448 e. The van der Waals surface area contributed by atoms with Crippen molar-refractivity contribution in [2.75, 3.05) is 29.2 Å². The molecule has 6 N–H and O–H groups in total. The van der Waals surface area contributed by atoms with Gasteiger partial charge in [0.15, 0.2) is 17.7 Å². The Labute approximate surface area is 226 Å². The fourth-order valence-corrected chi connectivity index (χ4v) is 6.90. The summed E-state index contributed by atoms with van der Waals surface area (Å²) in [6.45, 7) is -0.411. The molecule has 4 aliphatic rings. The van der Waals surface area contributed by atoms with Crippen LogP contribution in [0.15, 0.2) is 53.3 Å². The van der Waals surface area contributed by atoms with Crippen molar-refractivity contribution in [2.24, 2.45) is 0 Å². The minimum absolute atomic E-state index is 0.0628. The van der Waals surface area contributed by atoms with E-state index < -0.39 is 50.1 Å². The van der Waals surface area contributed by atoms with E-state index in [1.54, 1.807) is 0 Å². The first-order chi connectivity index (χ1) is 19.2. The fourth-order valence-electron chi connectivity index (χ4n) is 5.93. The highest BCUT2D eigenvalue weighted by atomic mass is 31.2. The van der Waals surface area contributed by atoms with Crippen LogP contribution in [-0.4, -0.2) is 69.9 Å². The lowest BCUT2D eigenvalue weighted by Gasteiger charge is -2.51. The van der Waals surface area contributed by atoms with E-state index in [2.05, 4.69) is 15.3 Å². The molecule has 7 rings (SSSR count). The maximum Gasteiger partial charge on any atom is 0.472 e. The van der Waals surface area contributed by atoms with Gasteiger partial charge in [-0.05, 0) is 22.3 Å². The van der Waals surface area contributed by atoms with Gasteiger partial charge in [0.1, 0.15) is 31.0 Å². The highest BCUT2D eigenvalue weighted by molar-refractivity contribution is 7.47. The Kier molecular flexibility index (Phi) is 5.75. The van der Waals surface area contributed by atoms with E-state index in [4.69, 9.17) is 24.3 Å². The van der Waals surface area contributed by atoms with Crippen molar-refractivity contribution in [1.82, 2.24) is 9.97 Å². The lowest BCUT2D eigenvalue weighted by molar-refractivity contribution is -0.194. The monoisotopic (exact) mass is 569 g/mol. The lowest BCUT2D eigenvalue weighted by atomic mass is 9.93. The van der Waals surface area contributed by atoms with Crippen molar-refractivity contribution in [1.29, 1.82) is 0 Å². The van der Waals surface area contributed by atoms with Gasteiger partial charge in [-0.1, -0.05) is 48.5 Å². The van der Waals surface area contributed by atoms with E-state index in [1.807, 2.05) is 48.5 Å². The standard InChI is InChI=1S/C25H24N5O9P/c26-24-28-21-18(22(32)29-24)30(17-19(31)20-16(38-23(17)27-21)10-37-40(34,35)39-20)25(33)36-9-15-13-7-3-1-5-11(13)12-6-2-4-8-14(12)15/h1-8,15-17,19-20,23,31H,9-10H2,(H,34,35)(H4,26,27,28,29,32)/t16-,17+,19-,20+,23-/m1/s1. The molecule has 4 heterocycles. The molecule has 1 unspecified atom stereocenters. The molecule has 2 saturated heterocycles. The number of benzene rings is 2. The van der Waals surface area contributed by atoms with Crippen molar-refractivity contribution >= 4 is 31.4 Å². The largest absolute Gasteiger partial charge is 0.472 e. The van der Waals surface area contributed by atoms with Crippen molar-refractivity contribution in [3.8, 4) is 11.1 Å². The van der Waals surface area contributed by atoms with Gasteiger partial charge in [0.25, 0.3) is 5.56 Å². The molecule has 1 aliphatic carbocycles. The summed E-state index contributed by atoms with van der Waals surface area (Å²) in [6, 6.07) is 14.3. The van der Waals surface area contributed by atoms with Gasteiger partial charge in [-0.15, -0.1) is 0 Å². The smallest absolute Gasteiger partial charge is 0.448 e. The molecule has 2 aromatic carbocycles. The number of carbonyl (C=O) groups excluding carboxylic acids is 1. The van der Waals surface area contributed by atoms with Crippen LogP contribution in [0.25, 0.3) is 11.1 Å². The summed E-state index contributed by atoms with van der Waals surface area (Å²) in [6.07, 6.45) is -5.94. The second-order valence-electron chi connectivity index (χ2n) is 9.88. The average Bonchev–Trinajstić information content (AvgIpc) is 3.24. The van der Waals surface area contributed by atoms with Crippen molar-refractivity contribution < 1.29 is 37.9 Å². The number of phosphoric acid groups is 1. The van der Waals surface area contributed by atoms with Gasteiger partial charge in [0.2, 0.25) is 5.95 Å². The summed E-state index contributed by atoms with van der Waals surface area (Å²) in [5.74, 6) is -0.539. The number of anilines is 3. The Balaban J connectivity index is 1.24. The van der Waals surface area contributed by atoms with Crippen LogP contribution in [0.2, 0.25) is 0 Å². The summed E-state index contributed by atoms with van der Waals surface area (Å²) >= 11 is 0. The maximum absolute atomic E-state index is 13.8. The highest BCUT2D eigenvalue weighted by Gasteiger charge is 2.57. The number of nitrogens with one attached hydrogen (secondary N) is 2. The molecule has 1 amide bonds. The Morgan fingerprint density at radius 3 is 2.55 bits per heavy atom.